The number of aromatic nitrogens is 3. The van der Waals surface area contributed by atoms with Crippen LogP contribution in [0.2, 0.25) is 0 Å². The van der Waals surface area contributed by atoms with Gasteiger partial charge in [-0.25, -0.2) is 13.9 Å². The molecule has 0 spiro atoms. The van der Waals surface area contributed by atoms with Crippen molar-refractivity contribution in [3.05, 3.63) is 52.5 Å². The predicted molar refractivity (Wildman–Crippen MR) is 70.8 cm³/mol. The largest absolute Gasteiger partial charge is 0.305 e. The molecule has 0 amide bonds. The summed E-state index contributed by atoms with van der Waals surface area (Å²) in [6.45, 7) is 0.890. The SMILES string of the molecule is Fc1ccc(C2NCCc3c2sc2ncnn32)cc1. The summed E-state index contributed by atoms with van der Waals surface area (Å²) in [5.41, 5.74) is 2.29. The summed E-state index contributed by atoms with van der Waals surface area (Å²) in [4.78, 5) is 6.40. The molecule has 1 aliphatic rings. The van der Waals surface area contributed by atoms with E-state index in [0.29, 0.717) is 0 Å². The Bertz CT molecular complexity index is 731. The van der Waals surface area contributed by atoms with E-state index in [1.165, 1.54) is 22.7 Å². The molecule has 3 heterocycles. The van der Waals surface area contributed by atoms with Gasteiger partial charge in [0.2, 0.25) is 4.96 Å². The number of nitrogens with one attached hydrogen (secondary N) is 1. The maximum Gasteiger partial charge on any atom is 0.212 e. The van der Waals surface area contributed by atoms with Crippen molar-refractivity contribution in [3.63, 3.8) is 0 Å². The fourth-order valence-corrected chi connectivity index (χ4v) is 3.74. The molecule has 0 bridgehead atoms. The van der Waals surface area contributed by atoms with Gasteiger partial charge in [-0.2, -0.15) is 5.10 Å². The Hall–Kier alpha value is -1.79. The fourth-order valence-electron chi connectivity index (χ4n) is 2.55. The Morgan fingerprint density at radius 1 is 1.32 bits per heavy atom. The Morgan fingerprint density at radius 3 is 3.00 bits per heavy atom. The molecule has 0 fully saturated rings. The fraction of sp³-hybridized carbons (Fsp3) is 0.231. The lowest BCUT2D eigenvalue weighted by molar-refractivity contribution is 0.559. The molecule has 1 aliphatic heterocycles. The second-order valence-corrected chi connectivity index (χ2v) is 5.57. The first-order valence-electron chi connectivity index (χ1n) is 6.13. The van der Waals surface area contributed by atoms with Crippen LogP contribution in [0.15, 0.2) is 30.6 Å². The molecule has 0 radical (unpaired) electrons. The molecule has 1 unspecified atom stereocenters. The zero-order chi connectivity index (χ0) is 12.8. The lowest BCUT2D eigenvalue weighted by Crippen LogP contribution is -2.30. The van der Waals surface area contributed by atoms with Crippen molar-refractivity contribution in [3.8, 4) is 0 Å². The molecule has 0 saturated heterocycles. The van der Waals surface area contributed by atoms with Gasteiger partial charge < -0.3 is 5.32 Å². The molecule has 4 rings (SSSR count). The second-order valence-electron chi connectivity index (χ2n) is 4.56. The van der Waals surface area contributed by atoms with Crippen molar-refractivity contribution in [2.24, 2.45) is 0 Å². The van der Waals surface area contributed by atoms with Crippen molar-refractivity contribution in [2.75, 3.05) is 6.54 Å². The summed E-state index contributed by atoms with van der Waals surface area (Å²) in [5, 5.41) is 7.74. The molecule has 1 aromatic carbocycles. The number of rotatable bonds is 1. The smallest absolute Gasteiger partial charge is 0.212 e. The van der Waals surface area contributed by atoms with Crippen LogP contribution in [0, 0.1) is 5.82 Å². The van der Waals surface area contributed by atoms with Crippen LogP contribution in [-0.4, -0.2) is 21.1 Å². The normalized spacial score (nSPS) is 18.7. The van der Waals surface area contributed by atoms with Crippen LogP contribution in [0.5, 0.6) is 0 Å². The molecule has 1 N–H and O–H groups in total. The number of hydrogen-bond acceptors (Lipinski definition) is 4. The summed E-state index contributed by atoms with van der Waals surface area (Å²) in [6, 6.07) is 6.78. The van der Waals surface area contributed by atoms with Gasteiger partial charge in [0.05, 0.1) is 16.6 Å². The van der Waals surface area contributed by atoms with Gasteiger partial charge in [-0.1, -0.05) is 23.5 Å². The highest BCUT2D eigenvalue weighted by atomic mass is 32.1. The van der Waals surface area contributed by atoms with E-state index in [2.05, 4.69) is 15.4 Å². The van der Waals surface area contributed by atoms with Crippen LogP contribution in [0.3, 0.4) is 0 Å². The third-order valence-electron chi connectivity index (χ3n) is 3.43. The number of nitrogens with zero attached hydrogens (tertiary/aromatic N) is 3. The molecule has 6 heteroatoms. The number of halogens is 1. The summed E-state index contributed by atoms with van der Waals surface area (Å²) >= 11 is 1.65. The van der Waals surface area contributed by atoms with E-state index in [1.54, 1.807) is 17.7 Å². The van der Waals surface area contributed by atoms with E-state index in [0.717, 1.165) is 23.5 Å². The van der Waals surface area contributed by atoms with Crippen molar-refractivity contribution >= 4 is 16.3 Å². The maximum absolute atomic E-state index is 13.0. The second kappa shape index (κ2) is 4.11. The van der Waals surface area contributed by atoms with Crippen molar-refractivity contribution < 1.29 is 4.39 Å². The summed E-state index contributed by atoms with van der Waals surface area (Å²) in [7, 11) is 0. The van der Waals surface area contributed by atoms with Gasteiger partial charge in [0.25, 0.3) is 0 Å². The molecule has 96 valence electrons. The Balaban J connectivity index is 1.85. The average molecular weight is 274 g/mol. The summed E-state index contributed by atoms with van der Waals surface area (Å²) in [6.07, 6.45) is 2.53. The van der Waals surface area contributed by atoms with Crippen LogP contribution in [-0.2, 0) is 6.42 Å². The van der Waals surface area contributed by atoms with Gasteiger partial charge in [0, 0.05) is 13.0 Å². The minimum Gasteiger partial charge on any atom is -0.305 e. The summed E-state index contributed by atoms with van der Waals surface area (Å²) < 4.78 is 14.9. The van der Waals surface area contributed by atoms with Crippen molar-refractivity contribution in [2.45, 2.75) is 12.5 Å². The van der Waals surface area contributed by atoms with Crippen molar-refractivity contribution in [1.82, 2.24) is 19.9 Å². The van der Waals surface area contributed by atoms with Gasteiger partial charge in [0.15, 0.2) is 0 Å². The van der Waals surface area contributed by atoms with E-state index in [9.17, 15) is 4.39 Å². The topological polar surface area (TPSA) is 42.2 Å². The zero-order valence-electron chi connectivity index (χ0n) is 10.0. The van der Waals surface area contributed by atoms with E-state index in [-0.39, 0.29) is 11.9 Å². The maximum atomic E-state index is 13.0. The van der Waals surface area contributed by atoms with Crippen LogP contribution in [0.25, 0.3) is 4.96 Å². The lowest BCUT2D eigenvalue weighted by atomic mass is 10.00. The molecular formula is C13H11FN4S. The molecule has 1 atom stereocenters. The van der Waals surface area contributed by atoms with Crippen LogP contribution < -0.4 is 5.32 Å². The number of fused-ring (bicyclic) bond motifs is 3. The van der Waals surface area contributed by atoms with Gasteiger partial charge in [-0.05, 0) is 17.7 Å². The Labute approximate surface area is 112 Å². The number of benzene rings is 1. The molecule has 0 aliphatic carbocycles. The molecule has 3 aromatic rings. The van der Waals surface area contributed by atoms with E-state index in [4.69, 9.17) is 0 Å². The summed E-state index contributed by atoms with van der Waals surface area (Å²) in [5.74, 6) is -0.206. The Morgan fingerprint density at radius 2 is 2.16 bits per heavy atom. The molecule has 19 heavy (non-hydrogen) atoms. The highest BCUT2D eigenvalue weighted by Gasteiger charge is 2.26. The van der Waals surface area contributed by atoms with Crippen LogP contribution in [0.4, 0.5) is 4.39 Å². The minimum atomic E-state index is -0.206. The first-order valence-corrected chi connectivity index (χ1v) is 6.95. The third-order valence-corrected chi connectivity index (χ3v) is 4.59. The Kier molecular flexibility index (Phi) is 2.39. The predicted octanol–water partition coefficient (Wildman–Crippen LogP) is 2.17. The standard InChI is InChI=1S/C13H11FN4S/c14-9-3-1-8(2-4-9)11-12-10(5-6-15-11)18-13(19-12)16-7-17-18/h1-4,7,11,15H,5-6H2. The molecular weight excluding hydrogens is 263 g/mol. The monoisotopic (exact) mass is 274 g/mol. The third kappa shape index (κ3) is 1.67. The number of hydrogen-bond donors (Lipinski definition) is 1. The van der Waals surface area contributed by atoms with Gasteiger partial charge in [-0.15, -0.1) is 0 Å². The van der Waals surface area contributed by atoms with E-state index in [1.807, 2.05) is 16.6 Å². The average Bonchev–Trinajstić information content (AvgIpc) is 3.00. The highest BCUT2D eigenvalue weighted by Crippen LogP contribution is 2.34. The minimum absolute atomic E-state index is 0.109. The van der Waals surface area contributed by atoms with E-state index < -0.39 is 0 Å². The first kappa shape index (κ1) is 11.1. The van der Waals surface area contributed by atoms with Gasteiger partial charge >= 0.3 is 0 Å². The van der Waals surface area contributed by atoms with Crippen LogP contribution >= 0.6 is 11.3 Å². The molecule has 4 nitrogen and oxygen atoms in total. The lowest BCUT2D eigenvalue weighted by Gasteiger charge is -2.23. The highest BCUT2D eigenvalue weighted by molar-refractivity contribution is 7.17. The zero-order valence-corrected chi connectivity index (χ0v) is 10.8. The van der Waals surface area contributed by atoms with Gasteiger partial charge in [0.1, 0.15) is 12.1 Å². The quantitative estimate of drug-likeness (QED) is 0.739. The van der Waals surface area contributed by atoms with Crippen molar-refractivity contribution in [1.29, 1.82) is 0 Å². The van der Waals surface area contributed by atoms with E-state index >= 15 is 0 Å². The molecule has 2 aromatic heterocycles. The first-order chi connectivity index (χ1) is 9.33. The molecule has 0 saturated carbocycles. The van der Waals surface area contributed by atoms with Gasteiger partial charge in [-0.3, -0.25) is 0 Å². The number of thiazole rings is 1. The van der Waals surface area contributed by atoms with Crippen LogP contribution in [0.1, 0.15) is 22.2 Å².